The van der Waals surface area contributed by atoms with Crippen LogP contribution in [0.25, 0.3) is 0 Å². The summed E-state index contributed by atoms with van der Waals surface area (Å²) in [5.74, 6) is 0.195. The molecular weight excluding hydrogens is 217 g/mol. The molecule has 0 fully saturated rings. The number of alkyl halides is 3. The number of hydrogen-bond acceptors (Lipinski definition) is 1. The Morgan fingerprint density at radius 3 is 2.31 bits per heavy atom. The van der Waals surface area contributed by atoms with Gasteiger partial charge in [0.2, 0.25) is 6.17 Å². The lowest BCUT2D eigenvalue weighted by molar-refractivity contribution is -0.215. The Hall–Kier alpha value is -1.19. The highest BCUT2D eigenvalue weighted by Gasteiger charge is 2.39. The van der Waals surface area contributed by atoms with Gasteiger partial charge in [0.1, 0.15) is 5.75 Å². The van der Waals surface area contributed by atoms with Gasteiger partial charge in [-0.1, -0.05) is 26.0 Å². The number of hydrogen-bond donors (Lipinski definition) is 0. The van der Waals surface area contributed by atoms with Crippen LogP contribution in [0.4, 0.5) is 13.2 Å². The van der Waals surface area contributed by atoms with Crippen molar-refractivity contribution in [3.8, 4) is 5.75 Å². The predicted octanol–water partition coefficient (Wildman–Crippen LogP) is 4.14. The molecule has 0 aliphatic carbocycles. The van der Waals surface area contributed by atoms with Gasteiger partial charge in [0.25, 0.3) is 0 Å². The zero-order valence-corrected chi connectivity index (χ0v) is 9.51. The first-order valence-electron chi connectivity index (χ1n) is 5.14. The standard InChI is InChI=1S/C12H15F3O/c1-8(2)10-5-4-6-11(7-10)16-12(14,15)9(3)13/h4-9H,1-3H3. The Morgan fingerprint density at radius 2 is 1.81 bits per heavy atom. The fourth-order valence-corrected chi connectivity index (χ4v) is 1.18. The molecule has 0 aliphatic rings. The highest BCUT2D eigenvalue weighted by molar-refractivity contribution is 5.30. The van der Waals surface area contributed by atoms with Gasteiger partial charge in [-0.3, -0.25) is 0 Å². The summed E-state index contributed by atoms with van der Waals surface area (Å²) in [6, 6.07) is 6.32. The Labute approximate surface area is 93.2 Å². The lowest BCUT2D eigenvalue weighted by Crippen LogP contribution is -2.34. The summed E-state index contributed by atoms with van der Waals surface area (Å²) in [7, 11) is 0. The van der Waals surface area contributed by atoms with Crippen molar-refractivity contribution < 1.29 is 17.9 Å². The van der Waals surface area contributed by atoms with Crippen LogP contribution in [0.3, 0.4) is 0 Å². The van der Waals surface area contributed by atoms with E-state index in [0.29, 0.717) is 0 Å². The summed E-state index contributed by atoms with van der Waals surface area (Å²) in [4.78, 5) is 0. The lowest BCUT2D eigenvalue weighted by atomic mass is 10.0. The molecule has 0 N–H and O–H groups in total. The topological polar surface area (TPSA) is 9.23 Å². The summed E-state index contributed by atoms with van der Waals surface area (Å²) in [6.45, 7) is 4.65. The first-order valence-corrected chi connectivity index (χ1v) is 5.14. The third kappa shape index (κ3) is 3.15. The summed E-state index contributed by atoms with van der Waals surface area (Å²) >= 11 is 0. The van der Waals surface area contributed by atoms with Crippen LogP contribution in [-0.4, -0.2) is 12.3 Å². The van der Waals surface area contributed by atoms with Crippen molar-refractivity contribution in [1.82, 2.24) is 0 Å². The lowest BCUT2D eigenvalue weighted by Gasteiger charge is -2.19. The highest BCUT2D eigenvalue weighted by atomic mass is 19.3. The normalized spacial score (nSPS) is 13.9. The fourth-order valence-electron chi connectivity index (χ4n) is 1.18. The summed E-state index contributed by atoms with van der Waals surface area (Å²) in [5.41, 5.74) is 0.875. The smallest absolute Gasteiger partial charge is 0.429 e. The molecule has 0 radical (unpaired) electrons. The molecule has 1 nitrogen and oxygen atoms in total. The third-order valence-electron chi connectivity index (χ3n) is 2.24. The molecule has 0 spiro atoms. The first kappa shape index (κ1) is 12.9. The first-order chi connectivity index (χ1) is 7.33. The van der Waals surface area contributed by atoms with Gasteiger partial charge < -0.3 is 4.74 Å². The number of rotatable bonds is 4. The van der Waals surface area contributed by atoms with Crippen molar-refractivity contribution >= 4 is 0 Å². The molecule has 0 heterocycles. The van der Waals surface area contributed by atoms with E-state index in [9.17, 15) is 13.2 Å². The second-order valence-corrected chi connectivity index (χ2v) is 4.01. The maximum Gasteiger partial charge on any atom is 0.429 e. The van der Waals surface area contributed by atoms with Gasteiger partial charge in [0, 0.05) is 0 Å². The Bertz CT molecular complexity index is 348. The Kier molecular flexibility index (Phi) is 3.83. The molecule has 4 heteroatoms. The molecule has 1 aromatic carbocycles. The van der Waals surface area contributed by atoms with Crippen molar-refractivity contribution in [3.63, 3.8) is 0 Å². The van der Waals surface area contributed by atoms with Crippen molar-refractivity contribution in [1.29, 1.82) is 0 Å². The fraction of sp³-hybridized carbons (Fsp3) is 0.500. The van der Waals surface area contributed by atoms with Crippen LogP contribution in [0.1, 0.15) is 32.3 Å². The predicted molar refractivity (Wildman–Crippen MR) is 56.7 cm³/mol. The molecule has 0 saturated heterocycles. The minimum atomic E-state index is -3.78. The monoisotopic (exact) mass is 232 g/mol. The Morgan fingerprint density at radius 1 is 1.19 bits per heavy atom. The number of benzene rings is 1. The molecule has 0 amide bonds. The highest BCUT2D eigenvalue weighted by Crippen LogP contribution is 2.28. The number of halogens is 3. The average molecular weight is 232 g/mol. The second kappa shape index (κ2) is 4.76. The molecule has 0 aromatic heterocycles. The van der Waals surface area contributed by atoms with Gasteiger partial charge in [0.05, 0.1) is 0 Å². The van der Waals surface area contributed by atoms with Crippen molar-refractivity contribution in [2.75, 3.05) is 0 Å². The third-order valence-corrected chi connectivity index (χ3v) is 2.24. The molecule has 16 heavy (non-hydrogen) atoms. The van der Waals surface area contributed by atoms with Crippen LogP contribution >= 0.6 is 0 Å². The van der Waals surface area contributed by atoms with E-state index in [1.165, 1.54) is 12.1 Å². The van der Waals surface area contributed by atoms with E-state index in [0.717, 1.165) is 12.5 Å². The second-order valence-electron chi connectivity index (χ2n) is 4.01. The Balaban J connectivity index is 2.86. The molecule has 1 atom stereocenters. The maximum atomic E-state index is 13.0. The van der Waals surface area contributed by atoms with Crippen molar-refractivity contribution in [2.24, 2.45) is 0 Å². The summed E-state index contributed by atoms with van der Waals surface area (Å²) < 4.78 is 42.8. The maximum absolute atomic E-state index is 13.0. The number of ether oxygens (including phenoxy) is 1. The molecule has 1 rings (SSSR count). The zero-order chi connectivity index (χ0) is 12.3. The van der Waals surface area contributed by atoms with Crippen LogP contribution in [0.2, 0.25) is 0 Å². The van der Waals surface area contributed by atoms with Crippen LogP contribution in [0.15, 0.2) is 24.3 Å². The molecule has 90 valence electrons. The van der Waals surface area contributed by atoms with Gasteiger partial charge in [-0.15, -0.1) is 0 Å². The SMILES string of the molecule is CC(C)c1cccc(OC(F)(F)C(C)F)c1. The van der Waals surface area contributed by atoms with Gasteiger partial charge in [-0.05, 0) is 30.5 Å². The molecule has 1 unspecified atom stereocenters. The van der Waals surface area contributed by atoms with E-state index in [1.807, 2.05) is 19.9 Å². The van der Waals surface area contributed by atoms with Crippen LogP contribution in [-0.2, 0) is 0 Å². The summed E-state index contributed by atoms with van der Waals surface area (Å²) in [6.07, 6.45) is -6.12. The van der Waals surface area contributed by atoms with Gasteiger partial charge in [-0.25, -0.2) is 4.39 Å². The van der Waals surface area contributed by atoms with E-state index in [-0.39, 0.29) is 11.7 Å². The quantitative estimate of drug-likeness (QED) is 0.758. The van der Waals surface area contributed by atoms with Gasteiger partial charge >= 0.3 is 6.11 Å². The van der Waals surface area contributed by atoms with E-state index in [4.69, 9.17) is 0 Å². The minimum Gasteiger partial charge on any atom is -0.430 e. The molecule has 0 bridgehead atoms. The molecule has 0 saturated carbocycles. The van der Waals surface area contributed by atoms with Crippen LogP contribution in [0, 0.1) is 0 Å². The molecule has 1 aromatic rings. The average Bonchev–Trinajstić information content (AvgIpc) is 2.17. The van der Waals surface area contributed by atoms with E-state index in [1.54, 1.807) is 6.07 Å². The largest absolute Gasteiger partial charge is 0.430 e. The van der Waals surface area contributed by atoms with Crippen LogP contribution < -0.4 is 4.74 Å². The van der Waals surface area contributed by atoms with E-state index >= 15 is 0 Å². The molecule has 0 aliphatic heterocycles. The van der Waals surface area contributed by atoms with E-state index < -0.39 is 12.3 Å². The minimum absolute atomic E-state index is 0.0132. The van der Waals surface area contributed by atoms with Gasteiger partial charge in [-0.2, -0.15) is 8.78 Å². The van der Waals surface area contributed by atoms with Crippen molar-refractivity contribution in [3.05, 3.63) is 29.8 Å². The van der Waals surface area contributed by atoms with Gasteiger partial charge in [0.15, 0.2) is 0 Å². The van der Waals surface area contributed by atoms with E-state index in [2.05, 4.69) is 4.74 Å². The molecular formula is C12H15F3O. The zero-order valence-electron chi connectivity index (χ0n) is 9.51. The summed E-state index contributed by atoms with van der Waals surface area (Å²) in [5, 5.41) is 0. The van der Waals surface area contributed by atoms with Crippen LogP contribution in [0.5, 0.6) is 5.75 Å². The van der Waals surface area contributed by atoms with Crippen molar-refractivity contribution in [2.45, 2.75) is 39.0 Å².